The van der Waals surface area contributed by atoms with Crippen molar-refractivity contribution in [2.45, 2.75) is 13.8 Å². The van der Waals surface area contributed by atoms with E-state index in [4.69, 9.17) is 16.1 Å². The largest absolute Gasteiger partial charge is 0.512 e. The van der Waals surface area contributed by atoms with Gasteiger partial charge in [0.25, 0.3) is 0 Å². The van der Waals surface area contributed by atoms with Gasteiger partial charge in [-0.25, -0.2) is 0 Å². The van der Waals surface area contributed by atoms with E-state index in [1.807, 2.05) is 0 Å². The average molecular weight is 166 g/mol. The fourth-order valence-electron chi connectivity index (χ4n) is 0.809. The summed E-state index contributed by atoms with van der Waals surface area (Å²) in [4.78, 5) is 10.9. The Labute approximate surface area is 70.6 Å². The molecule has 0 saturated carbocycles. The number of carbonyl (C=O) groups is 1. The smallest absolute Gasteiger partial charge is 0.165 e. The minimum Gasteiger partial charge on any atom is -0.512 e. The van der Waals surface area contributed by atoms with Crippen molar-refractivity contribution in [1.82, 2.24) is 0 Å². The lowest BCUT2D eigenvalue weighted by Gasteiger charge is -2.02. The molecule has 0 aromatic carbocycles. The monoisotopic (exact) mass is 166 g/mol. The number of aliphatic hydroxyl groups is 1. The zero-order valence-electron chi connectivity index (χ0n) is 6.96. The van der Waals surface area contributed by atoms with Crippen molar-refractivity contribution in [1.29, 1.82) is 5.26 Å². The van der Waals surface area contributed by atoms with Gasteiger partial charge >= 0.3 is 0 Å². The summed E-state index contributed by atoms with van der Waals surface area (Å²) in [7, 11) is 0. The fraction of sp³-hybridized carbons (Fsp3) is 0.250. The molecule has 0 saturated heterocycles. The average Bonchev–Trinajstić information content (AvgIpc) is 1.85. The number of carbonyl (C=O) groups excluding carboxylic acids is 1. The molecule has 12 heavy (non-hydrogen) atoms. The summed E-state index contributed by atoms with van der Waals surface area (Å²) in [5.41, 5.74) is 5.32. The van der Waals surface area contributed by atoms with Crippen LogP contribution >= 0.6 is 0 Å². The number of allylic oxidation sites excluding steroid dienone is 3. The maximum absolute atomic E-state index is 10.9. The van der Waals surface area contributed by atoms with Crippen molar-refractivity contribution in [2.24, 2.45) is 5.73 Å². The zero-order valence-corrected chi connectivity index (χ0v) is 6.96. The molecule has 0 bridgehead atoms. The molecule has 4 heteroatoms. The highest BCUT2D eigenvalue weighted by Gasteiger charge is 2.10. The third-order valence-electron chi connectivity index (χ3n) is 1.22. The maximum Gasteiger partial charge on any atom is 0.165 e. The van der Waals surface area contributed by atoms with Gasteiger partial charge in [-0.05, 0) is 13.8 Å². The van der Waals surface area contributed by atoms with Crippen molar-refractivity contribution in [2.75, 3.05) is 0 Å². The van der Waals surface area contributed by atoms with E-state index >= 15 is 0 Å². The van der Waals surface area contributed by atoms with E-state index in [9.17, 15) is 4.79 Å². The van der Waals surface area contributed by atoms with Gasteiger partial charge in [0, 0.05) is 6.08 Å². The standard InChI is InChI=1S/C8H10N2O2/c1-5(11)8(6(2)12)7(10)3-4-9/h3,11H,10H2,1-2H3/b7-3+,8-5+. The second-order valence-corrected chi connectivity index (χ2v) is 2.25. The van der Waals surface area contributed by atoms with E-state index in [0.29, 0.717) is 0 Å². The first-order valence-corrected chi connectivity index (χ1v) is 3.27. The van der Waals surface area contributed by atoms with Crippen LogP contribution in [0.3, 0.4) is 0 Å². The number of hydrogen-bond acceptors (Lipinski definition) is 4. The van der Waals surface area contributed by atoms with E-state index in [1.54, 1.807) is 6.07 Å². The highest BCUT2D eigenvalue weighted by Crippen LogP contribution is 2.09. The topological polar surface area (TPSA) is 87.1 Å². The van der Waals surface area contributed by atoms with E-state index in [-0.39, 0.29) is 22.8 Å². The Bertz CT molecular complexity index is 291. The summed E-state index contributed by atoms with van der Waals surface area (Å²) < 4.78 is 0. The molecule has 0 heterocycles. The molecule has 0 spiro atoms. The van der Waals surface area contributed by atoms with E-state index < -0.39 is 0 Å². The first kappa shape index (κ1) is 10.2. The minimum atomic E-state index is -0.362. The third-order valence-corrected chi connectivity index (χ3v) is 1.22. The summed E-state index contributed by atoms with van der Waals surface area (Å²) in [5.74, 6) is -0.537. The number of Topliss-reactive ketones (excluding diaryl/α,β-unsaturated/α-hetero) is 1. The Morgan fingerprint density at radius 3 is 2.33 bits per heavy atom. The lowest BCUT2D eigenvalue weighted by Crippen LogP contribution is -2.10. The summed E-state index contributed by atoms with van der Waals surface area (Å²) in [5, 5.41) is 17.2. The molecule has 4 nitrogen and oxygen atoms in total. The molecule has 0 aromatic rings. The highest BCUT2D eigenvalue weighted by molar-refractivity contribution is 5.97. The summed E-state index contributed by atoms with van der Waals surface area (Å²) >= 11 is 0. The Kier molecular flexibility index (Phi) is 3.57. The van der Waals surface area contributed by atoms with E-state index in [2.05, 4.69) is 0 Å². The lowest BCUT2D eigenvalue weighted by atomic mass is 10.1. The lowest BCUT2D eigenvalue weighted by molar-refractivity contribution is -0.113. The van der Waals surface area contributed by atoms with Crippen LogP contribution < -0.4 is 5.73 Å². The van der Waals surface area contributed by atoms with Gasteiger partial charge in [-0.1, -0.05) is 0 Å². The molecule has 0 atom stereocenters. The maximum atomic E-state index is 10.9. The van der Waals surface area contributed by atoms with E-state index in [0.717, 1.165) is 6.08 Å². The molecule has 3 N–H and O–H groups in total. The fourth-order valence-corrected chi connectivity index (χ4v) is 0.809. The molecule has 0 rings (SSSR count). The van der Waals surface area contributed by atoms with Crippen molar-refractivity contribution in [3.05, 3.63) is 23.1 Å². The van der Waals surface area contributed by atoms with Crippen LogP contribution in [0.1, 0.15) is 13.8 Å². The Morgan fingerprint density at radius 2 is 2.08 bits per heavy atom. The molecule has 0 aliphatic carbocycles. The second-order valence-electron chi connectivity index (χ2n) is 2.25. The molecule has 0 aromatic heterocycles. The van der Waals surface area contributed by atoms with Crippen LogP contribution in [0.4, 0.5) is 0 Å². The highest BCUT2D eigenvalue weighted by atomic mass is 16.3. The predicted octanol–water partition coefficient (Wildman–Crippen LogP) is 0.774. The van der Waals surface area contributed by atoms with E-state index in [1.165, 1.54) is 13.8 Å². The minimum absolute atomic E-state index is 0.00319. The number of ketones is 1. The molecule has 64 valence electrons. The van der Waals surface area contributed by atoms with Crippen LogP contribution in [0.5, 0.6) is 0 Å². The molecule has 0 fully saturated rings. The molecule has 0 aliphatic heterocycles. The summed E-state index contributed by atoms with van der Waals surface area (Å²) in [6.07, 6.45) is 1.01. The van der Waals surface area contributed by atoms with Gasteiger partial charge in [0.1, 0.15) is 5.76 Å². The third kappa shape index (κ3) is 2.46. The quantitative estimate of drug-likeness (QED) is 0.274. The van der Waals surface area contributed by atoms with Crippen molar-refractivity contribution in [3.8, 4) is 6.07 Å². The van der Waals surface area contributed by atoms with Crippen LogP contribution in [0, 0.1) is 11.3 Å². The Hall–Kier alpha value is -1.76. The molecule has 0 aliphatic rings. The van der Waals surface area contributed by atoms with Crippen molar-refractivity contribution < 1.29 is 9.90 Å². The van der Waals surface area contributed by atoms with Crippen LogP contribution in [-0.4, -0.2) is 10.9 Å². The van der Waals surface area contributed by atoms with Gasteiger partial charge in [0.2, 0.25) is 0 Å². The zero-order chi connectivity index (χ0) is 9.72. The molecule has 0 amide bonds. The SMILES string of the molecule is CC(=O)C(=C(/C)O)/C(N)=C\C#N. The van der Waals surface area contributed by atoms with Gasteiger partial charge in [-0.15, -0.1) is 0 Å². The molecule has 0 unspecified atom stereocenters. The van der Waals surface area contributed by atoms with Crippen LogP contribution in [-0.2, 0) is 4.79 Å². The van der Waals surface area contributed by atoms with Gasteiger partial charge in [0.05, 0.1) is 17.3 Å². The molecular weight excluding hydrogens is 156 g/mol. The molecule has 0 radical (unpaired) electrons. The van der Waals surface area contributed by atoms with Crippen molar-refractivity contribution >= 4 is 5.78 Å². The van der Waals surface area contributed by atoms with Crippen molar-refractivity contribution in [3.63, 3.8) is 0 Å². The number of nitriles is 1. The first-order chi connectivity index (χ1) is 5.50. The van der Waals surface area contributed by atoms with Gasteiger partial charge in [-0.2, -0.15) is 5.26 Å². The summed E-state index contributed by atoms with van der Waals surface area (Å²) in [6, 6.07) is 1.67. The predicted molar refractivity (Wildman–Crippen MR) is 43.9 cm³/mol. The van der Waals surface area contributed by atoms with Crippen LogP contribution in [0.2, 0.25) is 0 Å². The Balaban J connectivity index is 5.09. The van der Waals surface area contributed by atoms with Gasteiger partial charge < -0.3 is 10.8 Å². The summed E-state index contributed by atoms with van der Waals surface area (Å²) in [6.45, 7) is 2.61. The molecular formula is C8H10N2O2. The number of hydrogen-bond donors (Lipinski definition) is 2. The number of nitrogens with zero attached hydrogens (tertiary/aromatic N) is 1. The van der Waals surface area contributed by atoms with Gasteiger partial charge in [0.15, 0.2) is 5.78 Å². The first-order valence-electron chi connectivity index (χ1n) is 3.27. The van der Waals surface area contributed by atoms with Crippen LogP contribution in [0.15, 0.2) is 23.1 Å². The normalized spacial score (nSPS) is 13.2. The number of aliphatic hydroxyl groups excluding tert-OH is 1. The Morgan fingerprint density at radius 1 is 1.58 bits per heavy atom. The second kappa shape index (κ2) is 4.19. The number of rotatable bonds is 2. The number of nitrogens with two attached hydrogens (primary N) is 1. The van der Waals surface area contributed by atoms with Gasteiger partial charge in [-0.3, -0.25) is 4.79 Å². The van der Waals surface area contributed by atoms with Crippen LogP contribution in [0.25, 0.3) is 0 Å².